The largest absolute Gasteiger partial charge is 0.378 e. The molecule has 4 nitrogen and oxygen atoms in total. The highest BCUT2D eigenvalue weighted by Gasteiger charge is 2.16. The molecule has 1 saturated heterocycles. The van der Waals surface area contributed by atoms with Crippen LogP contribution in [0.2, 0.25) is 0 Å². The standard InChI is InChI=1S/C20H32N2O2/c1-16-13-17(2)15-18(14-16)5-6-20(23)21-9-4-12-24-19-7-10-22(3)11-8-19/h13-15,19H,4-12H2,1-3H3,(H,21,23). The topological polar surface area (TPSA) is 41.6 Å². The van der Waals surface area contributed by atoms with Gasteiger partial charge in [0.2, 0.25) is 5.91 Å². The SMILES string of the molecule is Cc1cc(C)cc(CCC(=O)NCCCOC2CCN(C)CC2)c1. The molecule has 1 aromatic carbocycles. The van der Waals surface area contributed by atoms with Crippen molar-refractivity contribution in [3.63, 3.8) is 0 Å². The molecule has 0 spiro atoms. The molecule has 0 unspecified atom stereocenters. The van der Waals surface area contributed by atoms with Gasteiger partial charge in [0.1, 0.15) is 0 Å². The second-order valence-electron chi connectivity index (χ2n) is 7.07. The predicted octanol–water partition coefficient (Wildman–Crippen LogP) is 2.85. The van der Waals surface area contributed by atoms with Gasteiger partial charge in [0, 0.05) is 32.7 Å². The van der Waals surface area contributed by atoms with Crippen molar-refractivity contribution in [2.24, 2.45) is 0 Å². The van der Waals surface area contributed by atoms with Crippen LogP contribution in [0, 0.1) is 13.8 Å². The molecule has 0 bridgehead atoms. The molecule has 1 aliphatic heterocycles. The van der Waals surface area contributed by atoms with Gasteiger partial charge in [-0.2, -0.15) is 0 Å². The number of carbonyl (C=O) groups excluding carboxylic acids is 1. The van der Waals surface area contributed by atoms with Crippen LogP contribution in [0.15, 0.2) is 18.2 Å². The summed E-state index contributed by atoms with van der Waals surface area (Å²) in [5.41, 5.74) is 3.76. The zero-order valence-corrected chi connectivity index (χ0v) is 15.4. The van der Waals surface area contributed by atoms with E-state index >= 15 is 0 Å². The van der Waals surface area contributed by atoms with Crippen LogP contribution in [0.3, 0.4) is 0 Å². The third-order valence-corrected chi connectivity index (χ3v) is 4.58. The first-order valence-corrected chi connectivity index (χ1v) is 9.17. The Morgan fingerprint density at radius 3 is 2.54 bits per heavy atom. The number of carbonyl (C=O) groups is 1. The minimum absolute atomic E-state index is 0.133. The average molecular weight is 332 g/mol. The van der Waals surface area contributed by atoms with Crippen LogP contribution in [-0.2, 0) is 16.0 Å². The first kappa shape index (κ1) is 18.9. The average Bonchev–Trinajstić information content (AvgIpc) is 2.53. The van der Waals surface area contributed by atoms with Crippen molar-refractivity contribution in [3.8, 4) is 0 Å². The fourth-order valence-corrected chi connectivity index (χ4v) is 3.26. The van der Waals surface area contributed by atoms with Crippen LogP contribution in [-0.4, -0.2) is 50.2 Å². The number of piperidine rings is 1. The molecule has 1 aromatic rings. The normalized spacial score (nSPS) is 16.3. The lowest BCUT2D eigenvalue weighted by molar-refractivity contribution is -0.121. The molecule has 1 aliphatic rings. The first-order valence-electron chi connectivity index (χ1n) is 9.17. The molecule has 0 aromatic heterocycles. The van der Waals surface area contributed by atoms with Crippen molar-refractivity contribution in [1.82, 2.24) is 10.2 Å². The van der Waals surface area contributed by atoms with Gasteiger partial charge >= 0.3 is 0 Å². The summed E-state index contributed by atoms with van der Waals surface area (Å²) < 4.78 is 5.89. The molecule has 2 rings (SSSR count). The number of hydrogen-bond donors (Lipinski definition) is 1. The van der Waals surface area contributed by atoms with Gasteiger partial charge in [0.15, 0.2) is 0 Å². The molecule has 1 N–H and O–H groups in total. The zero-order valence-electron chi connectivity index (χ0n) is 15.4. The number of nitrogens with one attached hydrogen (secondary N) is 1. The Morgan fingerprint density at radius 2 is 1.88 bits per heavy atom. The lowest BCUT2D eigenvalue weighted by Crippen LogP contribution is -2.34. The van der Waals surface area contributed by atoms with E-state index in [1.165, 1.54) is 16.7 Å². The summed E-state index contributed by atoms with van der Waals surface area (Å²) >= 11 is 0. The Labute approximate surface area is 146 Å². The molecule has 24 heavy (non-hydrogen) atoms. The Bertz CT molecular complexity index is 502. The third-order valence-electron chi connectivity index (χ3n) is 4.58. The number of nitrogens with zero attached hydrogens (tertiary/aromatic N) is 1. The van der Waals surface area contributed by atoms with Crippen LogP contribution in [0.25, 0.3) is 0 Å². The van der Waals surface area contributed by atoms with Gasteiger partial charge in [0.25, 0.3) is 0 Å². The van der Waals surface area contributed by atoms with Crippen molar-refractivity contribution in [2.75, 3.05) is 33.3 Å². The fourth-order valence-electron chi connectivity index (χ4n) is 3.26. The Morgan fingerprint density at radius 1 is 1.21 bits per heavy atom. The Kier molecular flexibility index (Phi) is 7.73. The molecular formula is C20H32N2O2. The van der Waals surface area contributed by atoms with E-state index in [1.807, 2.05) is 0 Å². The van der Waals surface area contributed by atoms with Crippen LogP contribution < -0.4 is 5.32 Å². The van der Waals surface area contributed by atoms with E-state index in [4.69, 9.17) is 4.74 Å². The van der Waals surface area contributed by atoms with Gasteiger partial charge in [-0.1, -0.05) is 29.3 Å². The second-order valence-corrected chi connectivity index (χ2v) is 7.07. The van der Waals surface area contributed by atoms with Crippen LogP contribution in [0.4, 0.5) is 0 Å². The Hall–Kier alpha value is -1.39. The van der Waals surface area contributed by atoms with E-state index in [0.717, 1.165) is 45.4 Å². The van der Waals surface area contributed by atoms with Crippen molar-refractivity contribution in [3.05, 3.63) is 34.9 Å². The number of rotatable bonds is 8. The maximum Gasteiger partial charge on any atom is 0.220 e. The highest BCUT2D eigenvalue weighted by atomic mass is 16.5. The van der Waals surface area contributed by atoms with Crippen LogP contribution >= 0.6 is 0 Å². The lowest BCUT2D eigenvalue weighted by Gasteiger charge is -2.28. The molecule has 0 saturated carbocycles. The molecule has 4 heteroatoms. The maximum absolute atomic E-state index is 11.9. The number of likely N-dealkylation sites (tertiary alicyclic amines) is 1. The summed E-state index contributed by atoms with van der Waals surface area (Å²) in [6.07, 6.45) is 4.90. The van der Waals surface area contributed by atoms with Crippen molar-refractivity contribution in [1.29, 1.82) is 0 Å². The fraction of sp³-hybridized carbons (Fsp3) is 0.650. The smallest absolute Gasteiger partial charge is 0.220 e. The lowest BCUT2D eigenvalue weighted by atomic mass is 10.0. The highest BCUT2D eigenvalue weighted by Crippen LogP contribution is 2.12. The van der Waals surface area contributed by atoms with Gasteiger partial charge in [0.05, 0.1) is 6.10 Å². The second kappa shape index (κ2) is 9.80. The number of hydrogen-bond acceptors (Lipinski definition) is 3. The monoisotopic (exact) mass is 332 g/mol. The summed E-state index contributed by atoms with van der Waals surface area (Å²) in [6.45, 7) is 7.89. The van der Waals surface area contributed by atoms with Gasteiger partial charge in [-0.15, -0.1) is 0 Å². The number of aryl methyl sites for hydroxylation is 3. The summed E-state index contributed by atoms with van der Waals surface area (Å²) in [5, 5.41) is 3.00. The molecule has 0 atom stereocenters. The number of benzene rings is 1. The highest BCUT2D eigenvalue weighted by molar-refractivity contribution is 5.76. The van der Waals surface area contributed by atoms with E-state index in [9.17, 15) is 4.79 Å². The van der Waals surface area contributed by atoms with Gasteiger partial charge in [-0.05, 0) is 52.1 Å². The van der Waals surface area contributed by atoms with Gasteiger partial charge in [-0.3, -0.25) is 4.79 Å². The van der Waals surface area contributed by atoms with Crippen LogP contribution in [0.1, 0.15) is 42.4 Å². The van der Waals surface area contributed by atoms with Crippen LogP contribution in [0.5, 0.6) is 0 Å². The molecule has 134 valence electrons. The molecular weight excluding hydrogens is 300 g/mol. The molecule has 1 amide bonds. The van der Waals surface area contributed by atoms with Crippen molar-refractivity contribution >= 4 is 5.91 Å². The number of amides is 1. The first-order chi connectivity index (χ1) is 11.5. The summed E-state index contributed by atoms with van der Waals surface area (Å²) in [5.74, 6) is 0.133. The molecule has 0 radical (unpaired) electrons. The molecule has 0 aliphatic carbocycles. The van der Waals surface area contributed by atoms with E-state index in [-0.39, 0.29) is 5.91 Å². The zero-order chi connectivity index (χ0) is 17.4. The van der Waals surface area contributed by atoms with E-state index in [0.29, 0.717) is 19.1 Å². The maximum atomic E-state index is 11.9. The summed E-state index contributed by atoms with van der Waals surface area (Å²) in [4.78, 5) is 14.3. The predicted molar refractivity (Wildman–Crippen MR) is 98.3 cm³/mol. The van der Waals surface area contributed by atoms with E-state index < -0.39 is 0 Å². The number of ether oxygens (including phenoxy) is 1. The molecule has 1 fully saturated rings. The van der Waals surface area contributed by atoms with Gasteiger partial charge < -0.3 is 15.0 Å². The van der Waals surface area contributed by atoms with Gasteiger partial charge in [-0.25, -0.2) is 0 Å². The summed E-state index contributed by atoms with van der Waals surface area (Å²) in [7, 11) is 2.16. The van der Waals surface area contributed by atoms with E-state index in [1.54, 1.807) is 0 Å². The Balaban J connectivity index is 1.53. The minimum atomic E-state index is 0.133. The van der Waals surface area contributed by atoms with E-state index in [2.05, 4.69) is 49.3 Å². The minimum Gasteiger partial charge on any atom is -0.378 e. The van der Waals surface area contributed by atoms with Crippen molar-refractivity contribution < 1.29 is 9.53 Å². The third kappa shape index (κ3) is 7.02. The quantitative estimate of drug-likeness (QED) is 0.744. The molecule has 1 heterocycles. The summed E-state index contributed by atoms with van der Waals surface area (Å²) in [6, 6.07) is 6.49. The van der Waals surface area contributed by atoms with Crippen molar-refractivity contribution in [2.45, 2.75) is 52.1 Å².